The Labute approximate surface area is 106 Å². The van der Waals surface area contributed by atoms with Gasteiger partial charge in [-0.3, -0.25) is 4.79 Å². The lowest BCUT2D eigenvalue weighted by atomic mass is 9.88. The van der Waals surface area contributed by atoms with Gasteiger partial charge in [-0.05, 0) is 25.0 Å². The molecule has 0 aromatic heterocycles. The summed E-state index contributed by atoms with van der Waals surface area (Å²) in [5, 5.41) is 12.3. The Morgan fingerprint density at radius 1 is 1.53 bits per heavy atom. The first-order chi connectivity index (χ1) is 8.03. The maximum absolute atomic E-state index is 11.8. The third kappa shape index (κ3) is 3.21. The van der Waals surface area contributed by atoms with Gasteiger partial charge in [0.1, 0.15) is 5.41 Å². The van der Waals surface area contributed by atoms with Gasteiger partial charge in [0.05, 0.1) is 6.07 Å². The molecule has 0 radical (unpaired) electrons. The largest absolute Gasteiger partial charge is 0.351 e. The molecule has 3 nitrogen and oxygen atoms in total. The van der Waals surface area contributed by atoms with Crippen LogP contribution in [0.15, 0.2) is 24.3 Å². The zero-order valence-electron chi connectivity index (χ0n) is 9.96. The number of nitrogens with one attached hydrogen (secondary N) is 1. The van der Waals surface area contributed by atoms with E-state index >= 15 is 0 Å². The third-order valence-corrected chi connectivity index (χ3v) is 3.22. The van der Waals surface area contributed by atoms with Gasteiger partial charge in [0.2, 0.25) is 5.91 Å². The van der Waals surface area contributed by atoms with Crippen molar-refractivity contribution in [3.63, 3.8) is 0 Å². The van der Waals surface area contributed by atoms with E-state index in [0.29, 0.717) is 18.0 Å². The lowest BCUT2D eigenvalue weighted by Crippen LogP contribution is -2.37. The molecule has 1 aromatic rings. The Balaban J connectivity index is 2.67. The number of hydrogen-bond acceptors (Lipinski definition) is 2. The van der Waals surface area contributed by atoms with Gasteiger partial charge in [-0.15, -0.1) is 0 Å². The summed E-state index contributed by atoms with van der Waals surface area (Å²) in [5.41, 5.74) is -0.125. The molecule has 0 bridgehead atoms. The molecule has 1 aromatic carbocycles. The highest BCUT2D eigenvalue weighted by Crippen LogP contribution is 2.20. The summed E-state index contributed by atoms with van der Waals surface area (Å²) in [5.74, 6) is -0.262. The fourth-order valence-corrected chi connectivity index (χ4v) is 1.51. The zero-order valence-corrected chi connectivity index (χ0v) is 10.7. The van der Waals surface area contributed by atoms with Crippen LogP contribution in [0.5, 0.6) is 0 Å². The number of rotatable bonds is 4. The monoisotopic (exact) mass is 250 g/mol. The molecule has 0 saturated heterocycles. The topological polar surface area (TPSA) is 52.9 Å². The van der Waals surface area contributed by atoms with Gasteiger partial charge in [0.15, 0.2) is 0 Å². The number of nitriles is 1. The van der Waals surface area contributed by atoms with Crippen LogP contribution in [0, 0.1) is 16.7 Å². The molecule has 1 N–H and O–H groups in total. The molecule has 17 heavy (non-hydrogen) atoms. The number of carbonyl (C=O) groups excluding carboxylic acids is 1. The molecule has 90 valence electrons. The van der Waals surface area contributed by atoms with E-state index in [1.54, 1.807) is 13.0 Å². The van der Waals surface area contributed by atoms with E-state index in [1.165, 1.54) is 0 Å². The standard InChI is InChI=1S/C13H15ClN2O/c1-3-13(2,9-15)12(17)16-8-10-6-4-5-7-11(10)14/h4-7H,3,8H2,1-2H3,(H,16,17). The number of carbonyl (C=O) groups is 1. The molecular formula is C13H15ClN2O. The quantitative estimate of drug-likeness (QED) is 0.893. The molecule has 1 rings (SSSR count). The van der Waals surface area contributed by atoms with Crippen molar-refractivity contribution < 1.29 is 4.79 Å². The van der Waals surface area contributed by atoms with Crippen molar-refractivity contribution in [1.82, 2.24) is 5.32 Å². The van der Waals surface area contributed by atoms with Gasteiger partial charge >= 0.3 is 0 Å². The molecule has 1 amide bonds. The van der Waals surface area contributed by atoms with E-state index in [4.69, 9.17) is 16.9 Å². The summed E-state index contributed by atoms with van der Waals surface area (Å²) in [6.45, 7) is 3.79. The number of nitrogens with zero attached hydrogens (tertiary/aromatic N) is 1. The Morgan fingerprint density at radius 2 is 2.18 bits per heavy atom. The van der Waals surface area contributed by atoms with E-state index < -0.39 is 5.41 Å². The van der Waals surface area contributed by atoms with Crippen LogP contribution in [-0.4, -0.2) is 5.91 Å². The van der Waals surface area contributed by atoms with Crippen molar-refractivity contribution in [2.75, 3.05) is 0 Å². The molecule has 0 saturated carbocycles. The summed E-state index contributed by atoms with van der Waals surface area (Å²) < 4.78 is 0. The highest BCUT2D eigenvalue weighted by molar-refractivity contribution is 6.31. The van der Waals surface area contributed by atoms with Crippen LogP contribution < -0.4 is 5.32 Å². The fraction of sp³-hybridized carbons (Fsp3) is 0.385. The molecule has 0 aliphatic heterocycles. The maximum atomic E-state index is 11.8. The highest BCUT2D eigenvalue weighted by Gasteiger charge is 2.30. The molecule has 0 aliphatic rings. The Kier molecular flexibility index (Phi) is 4.53. The van der Waals surface area contributed by atoms with Crippen LogP contribution in [0.4, 0.5) is 0 Å². The van der Waals surface area contributed by atoms with Gasteiger partial charge in [0, 0.05) is 11.6 Å². The Bertz CT molecular complexity index is 453. The van der Waals surface area contributed by atoms with Crippen LogP contribution in [0.25, 0.3) is 0 Å². The molecule has 1 atom stereocenters. The van der Waals surface area contributed by atoms with Gasteiger partial charge in [0.25, 0.3) is 0 Å². The van der Waals surface area contributed by atoms with Crippen molar-refractivity contribution in [2.45, 2.75) is 26.8 Å². The summed E-state index contributed by atoms with van der Waals surface area (Å²) in [7, 11) is 0. The van der Waals surface area contributed by atoms with E-state index in [-0.39, 0.29) is 5.91 Å². The Morgan fingerprint density at radius 3 is 2.71 bits per heavy atom. The number of amides is 1. The SMILES string of the molecule is CCC(C)(C#N)C(=O)NCc1ccccc1Cl. The summed E-state index contributed by atoms with van der Waals surface area (Å²) in [4.78, 5) is 11.8. The van der Waals surface area contributed by atoms with Gasteiger partial charge in [-0.1, -0.05) is 36.7 Å². The lowest BCUT2D eigenvalue weighted by Gasteiger charge is -2.18. The average molecular weight is 251 g/mol. The van der Waals surface area contributed by atoms with Crippen LogP contribution >= 0.6 is 11.6 Å². The van der Waals surface area contributed by atoms with E-state index in [1.807, 2.05) is 31.2 Å². The molecule has 1 unspecified atom stereocenters. The number of hydrogen-bond donors (Lipinski definition) is 1. The van der Waals surface area contributed by atoms with Crippen LogP contribution in [0.2, 0.25) is 5.02 Å². The first kappa shape index (κ1) is 13.5. The van der Waals surface area contributed by atoms with Crippen LogP contribution in [0.3, 0.4) is 0 Å². The summed E-state index contributed by atoms with van der Waals surface area (Å²) >= 11 is 5.97. The van der Waals surface area contributed by atoms with Crippen molar-refractivity contribution >= 4 is 17.5 Å². The smallest absolute Gasteiger partial charge is 0.240 e. The minimum atomic E-state index is -0.971. The van der Waals surface area contributed by atoms with Gasteiger partial charge < -0.3 is 5.32 Å². The highest BCUT2D eigenvalue weighted by atomic mass is 35.5. The van der Waals surface area contributed by atoms with Crippen molar-refractivity contribution in [2.24, 2.45) is 5.41 Å². The molecule has 0 spiro atoms. The van der Waals surface area contributed by atoms with E-state index in [2.05, 4.69) is 5.32 Å². The molecule has 0 fully saturated rings. The maximum Gasteiger partial charge on any atom is 0.240 e. The fourth-order valence-electron chi connectivity index (χ4n) is 1.30. The van der Waals surface area contributed by atoms with Crippen molar-refractivity contribution in [1.29, 1.82) is 5.26 Å². The zero-order chi connectivity index (χ0) is 12.9. The predicted molar refractivity (Wildman–Crippen MR) is 67.3 cm³/mol. The van der Waals surface area contributed by atoms with Crippen molar-refractivity contribution in [3.8, 4) is 6.07 Å². The molecule has 0 heterocycles. The predicted octanol–water partition coefficient (Wildman–Crippen LogP) is 2.90. The third-order valence-electron chi connectivity index (χ3n) is 2.85. The summed E-state index contributed by atoms with van der Waals surface area (Å²) in [6.07, 6.45) is 0.484. The number of benzene rings is 1. The van der Waals surface area contributed by atoms with Crippen LogP contribution in [-0.2, 0) is 11.3 Å². The van der Waals surface area contributed by atoms with Gasteiger partial charge in [-0.2, -0.15) is 5.26 Å². The van der Waals surface area contributed by atoms with E-state index in [0.717, 1.165) is 5.56 Å². The second kappa shape index (κ2) is 5.70. The summed E-state index contributed by atoms with van der Waals surface area (Å²) in [6, 6.07) is 9.34. The van der Waals surface area contributed by atoms with E-state index in [9.17, 15) is 4.79 Å². The molecule has 4 heteroatoms. The van der Waals surface area contributed by atoms with Crippen LogP contribution in [0.1, 0.15) is 25.8 Å². The molecule has 0 aliphatic carbocycles. The van der Waals surface area contributed by atoms with Gasteiger partial charge in [-0.25, -0.2) is 0 Å². The molecular weight excluding hydrogens is 236 g/mol. The average Bonchev–Trinajstić information content (AvgIpc) is 2.36. The minimum Gasteiger partial charge on any atom is -0.351 e. The second-order valence-electron chi connectivity index (χ2n) is 4.07. The minimum absolute atomic E-state index is 0.262. The first-order valence-corrected chi connectivity index (χ1v) is 5.84. The number of halogens is 1. The Hall–Kier alpha value is -1.53. The second-order valence-corrected chi connectivity index (χ2v) is 4.48. The normalized spacial score (nSPS) is 13.5. The lowest BCUT2D eigenvalue weighted by molar-refractivity contribution is -0.127. The first-order valence-electron chi connectivity index (χ1n) is 5.46. The van der Waals surface area contributed by atoms with Crippen molar-refractivity contribution in [3.05, 3.63) is 34.9 Å².